The van der Waals surface area contributed by atoms with Crippen LogP contribution in [0.15, 0.2) is 24.4 Å². The molecule has 0 radical (unpaired) electrons. The highest BCUT2D eigenvalue weighted by atomic mass is 15.1. The van der Waals surface area contributed by atoms with Crippen LogP contribution in [-0.2, 0) is 7.05 Å². The number of rotatable bonds is 0. The van der Waals surface area contributed by atoms with E-state index in [2.05, 4.69) is 41.0 Å². The number of fused-ring (bicyclic) bond motifs is 3. The predicted molar refractivity (Wildman–Crippen MR) is 61.1 cm³/mol. The largest absolute Gasteiger partial charge is 0.331 e. The maximum Gasteiger partial charge on any atom is 0.159 e. The predicted octanol–water partition coefficient (Wildman–Crippen LogP) is 2.44. The minimum atomic E-state index is 1.02. The molecule has 3 heterocycles. The van der Waals surface area contributed by atoms with Crippen LogP contribution in [0.5, 0.6) is 0 Å². The van der Waals surface area contributed by atoms with Crippen molar-refractivity contribution < 1.29 is 0 Å². The molecule has 0 aliphatic carbocycles. The number of aryl methyl sites for hydroxylation is 2. The molecule has 0 unspecified atom stereocenters. The van der Waals surface area contributed by atoms with Gasteiger partial charge in [-0.3, -0.25) is 4.40 Å². The van der Waals surface area contributed by atoms with E-state index >= 15 is 0 Å². The maximum atomic E-state index is 4.62. The van der Waals surface area contributed by atoms with Gasteiger partial charge < -0.3 is 4.57 Å². The van der Waals surface area contributed by atoms with Gasteiger partial charge in [0.05, 0.1) is 5.52 Å². The average molecular weight is 199 g/mol. The Morgan fingerprint density at radius 2 is 2.00 bits per heavy atom. The Hall–Kier alpha value is -1.77. The lowest BCUT2D eigenvalue weighted by Gasteiger charge is -1.97. The highest BCUT2D eigenvalue weighted by Crippen LogP contribution is 2.24. The zero-order valence-electron chi connectivity index (χ0n) is 9.15. The fourth-order valence-electron chi connectivity index (χ4n) is 2.15. The van der Waals surface area contributed by atoms with Crippen molar-refractivity contribution in [2.24, 2.45) is 7.05 Å². The quantitative estimate of drug-likeness (QED) is 0.545. The van der Waals surface area contributed by atoms with Gasteiger partial charge in [0.2, 0.25) is 0 Å². The normalized spacial score (nSPS) is 11.7. The fraction of sp³-hybridized carbons (Fsp3) is 0.250. The summed E-state index contributed by atoms with van der Waals surface area (Å²) >= 11 is 0. The van der Waals surface area contributed by atoms with E-state index in [9.17, 15) is 0 Å². The summed E-state index contributed by atoms with van der Waals surface area (Å²) in [6.07, 6.45) is 2.07. The molecule has 0 N–H and O–H groups in total. The lowest BCUT2D eigenvalue weighted by atomic mass is 10.3. The fourth-order valence-corrected chi connectivity index (χ4v) is 2.15. The molecule has 0 aliphatic heterocycles. The number of imidazole rings is 1. The first-order chi connectivity index (χ1) is 7.20. The molecule has 0 spiro atoms. The van der Waals surface area contributed by atoms with E-state index in [4.69, 9.17) is 0 Å². The van der Waals surface area contributed by atoms with E-state index in [1.807, 2.05) is 18.2 Å². The van der Waals surface area contributed by atoms with Crippen molar-refractivity contribution in [2.75, 3.05) is 0 Å². The van der Waals surface area contributed by atoms with Crippen molar-refractivity contribution in [1.82, 2.24) is 14.0 Å². The van der Waals surface area contributed by atoms with Gasteiger partial charge in [0.25, 0.3) is 0 Å². The molecule has 0 bridgehead atoms. The molecule has 3 heteroatoms. The van der Waals surface area contributed by atoms with E-state index in [1.165, 1.54) is 16.8 Å². The van der Waals surface area contributed by atoms with Gasteiger partial charge in [-0.15, -0.1) is 0 Å². The van der Waals surface area contributed by atoms with Crippen LogP contribution in [0.1, 0.15) is 11.3 Å². The summed E-state index contributed by atoms with van der Waals surface area (Å²) in [7, 11) is 2.07. The second-order valence-electron chi connectivity index (χ2n) is 3.98. The van der Waals surface area contributed by atoms with Crippen molar-refractivity contribution in [1.29, 1.82) is 0 Å². The summed E-state index contributed by atoms with van der Waals surface area (Å²) in [6, 6.07) is 6.09. The van der Waals surface area contributed by atoms with Crippen LogP contribution < -0.4 is 0 Å². The zero-order valence-corrected chi connectivity index (χ0v) is 9.15. The third-order valence-electron chi connectivity index (χ3n) is 3.23. The van der Waals surface area contributed by atoms with Crippen molar-refractivity contribution in [2.45, 2.75) is 13.8 Å². The smallest absolute Gasteiger partial charge is 0.159 e. The van der Waals surface area contributed by atoms with Gasteiger partial charge in [-0.1, -0.05) is 6.07 Å². The van der Waals surface area contributed by atoms with Crippen LogP contribution in [0.2, 0.25) is 0 Å². The summed E-state index contributed by atoms with van der Waals surface area (Å²) in [5.41, 5.74) is 5.90. The van der Waals surface area contributed by atoms with E-state index in [0.29, 0.717) is 0 Å². The minimum absolute atomic E-state index is 1.02. The number of nitrogens with zero attached hydrogens (tertiary/aromatic N) is 3. The molecule has 0 saturated heterocycles. The SMILES string of the molecule is Cc1c(C)n(C)c2nc3ccccn3c12. The van der Waals surface area contributed by atoms with Crippen LogP contribution in [0.25, 0.3) is 16.8 Å². The monoisotopic (exact) mass is 199 g/mol. The summed E-state index contributed by atoms with van der Waals surface area (Å²) in [4.78, 5) is 4.62. The molecule has 3 rings (SSSR count). The third-order valence-corrected chi connectivity index (χ3v) is 3.23. The Bertz CT molecular complexity index is 658. The van der Waals surface area contributed by atoms with Crippen LogP contribution in [0.4, 0.5) is 0 Å². The highest BCUT2D eigenvalue weighted by molar-refractivity contribution is 5.83. The molecule has 15 heavy (non-hydrogen) atoms. The maximum absolute atomic E-state index is 4.62. The number of hydrogen-bond acceptors (Lipinski definition) is 1. The molecule has 0 saturated carbocycles. The van der Waals surface area contributed by atoms with Crippen LogP contribution in [-0.4, -0.2) is 14.0 Å². The number of hydrogen-bond donors (Lipinski definition) is 0. The second kappa shape index (κ2) is 2.63. The number of aromatic nitrogens is 3. The standard InChI is InChI=1S/C12H13N3/c1-8-9(2)14(3)12-11(8)15-7-5-4-6-10(15)13-12/h4-7H,1-3H3. The molecular formula is C12H13N3. The first-order valence-electron chi connectivity index (χ1n) is 5.09. The molecule has 0 atom stereocenters. The Morgan fingerprint density at radius 3 is 2.80 bits per heavy atom. The minimum Gasteiger partial charge on any atom is -0.331 e. The Labute approximate surface area is 88.0 Å². The molecular weight excluding hydrogens is 186 g/mol. The van der Waals surface area contributed by atoms with Crippen LogP contribution >= 0.6 is 0 Å². The molecule has 0 aliphatic rings. The molecule has 0 fully saturated rings. The first-order valence-corrected chi connectivity index (χ1v) is 5.09. The van der Waals surface area contributed by atoms with E-state index < -0.39 is 0 Å². The van der Waals surface area contributed by atoms with Gasteiger partial charge in [-0.05, 0) is 31.5 Å². The third kappa shape index (κ3) is 0.923. The van der Waals surface area contributed by atoms with Gasteiger partial charge in [0.15, 0.2) is 5.65 Å². The Balaban J connectivity index is 2.65. The molecule has 3 aromatic rings. The number of pyridine rings is 1. The van der Waals surface area contributed by atoms with E-state index in [0.717, 1.165) is 11.3 Å². The van der Waals surface area contributed by atoms with Crippen molar-refractivity contribution >= 4 is 16.8 Å². The van der Waals surface area contributed by atoms with Crippen molar-refractivity contribution in [3.63, 3.8) is 0 Å². The van der Waals surface area contributed by atoms with Gasteiger partial charge in [-0.2, -0.15) is 0 Å². The second-order valence-corrected chi connectivity index (χ2v) is 3.98. The summed E-state index contributed by atoms with van der Waals surface area (Å²) in [6.45, 7) is 4.28. The first kappa shape index (κ1) is 8.53. The highest BCUT2D eigenvalue weighted by Gasteiger charge is 2.13. The van der Waals surface area contributed by atoms with Crippen molar-refractivity contribution in [3.8, 4) is 0 Å². The summed E-state index contributed by atoms with van der Waals surface area (Å²) in [5.74, 6) is 0. The molecule has 3 nitrogen and oxygen atoms in total. The lowest BCUT2D eigenvalue weighted by Crippen LogP contribution is -1.91. The molecule has 3 aromatic heterocycles. The Kier molecular flexibility index (Phi) is 1.49. The average Bonchev–Trinajstić information content (AvgIpc) is 2.72. The van der Waals surface area contributed by atoms with E-state index in [1.54, 1.807) is 0 Å². The van der Waals surface area contributed by atoms with E-state index in [-0.39, 0.29) is 0 Å². The molecule has 0 amide bonds. The summed E-state index contributed by atoms with van der Waals surface area (Å²) in [5, 5.41) is 0. The van der Waals surface area contributed by atoms with Crippen molar-refractivity contribution in [3.05, 3.63) is 35.7 Å². The van der Waals surface area contributed by atoms with Gasteiger partial charge in [0, 0.05) is 18.9 Å². The summed E-state index contributed by atoms with van der Waals surface area (Å²) < 4.78 is 4.30. The van der Waals surface area contributed by atoms with Gasteiger partial charge >= 0.3 is 0 Å². The van der Waals surface area contributed by atoms with Gasteiger partial charge in [0.1, 0.15) is 5.65 Å². The molecule has 0 aromatic carbocycles. The van der Waals surface area contributed by atoms with Crippen LogP contribution in [0.3, 0.4) is 0 Å². The topological polar surface area (TPSA) is 22.2 Å². The molecule has 76 valence electrons. The van der Waals surface area contributed by atoms with Crippen LogP contribution in [0, 0.1) is 13.8 Å². The Morgan fingerprint density at radius 1 is 1.20 bits per heavy atom. The zero-order chi connectivity index (χ0) is 10.6. The van der Waals surface area contributed by atoms with Gasteiger partial charge in [-0.25, -0.2) is 4.98 Å². The lowest BCUT2D eigenvalue weighted by molar-refractivity contribution is 0.898.